The molecule has 1 nitrogen and oxygen atoms in total. The second kappa shape index (κ2) is 12.7. The van der Waals surface area contributed by atoms with Gasteiger partial charge in [-0.05, 0) is 105 Å². The van der Waals surface area contributed by atoms with E-state index in [-0.39, 0.29) is 0 Å². The molecule has 2 heterocycles. The zero-order valence-corrected chi connectivity index (χ0v) is 28.3. The lowest BCUT2D eigenvalue weighted by atomic mass is 10.00. The Labute approximate surface area is 294 Å². The Bertz CT molecular complexity index is 2320. The van der Waals surface area contributed by atoms with E-state index in [1.165, 1.54) is 63.3 Å². The molecule has 9 rings (SSSR count). The zero-order valence-electron chi connectivity index (χ0n) is 26.7. The van der Waals surface area contributed by atoms with E-state index in [0.29, 0.717) is 0 Å². The first-order valence-electron chi connectivity index (χ1n) is 16.5. The summed E-state index contributed by atoms with van der Waals surface area (Å²) < 4.78 is 2.63. The van der Waals surface area contributed by atoms with Crippen molar-refractivity contribution in [1.82, 2.24) is 0 Å². The van der Waals surface area contributed by atoms with Crippen LogP contribution in [-0.4, -0.2) is 0 Å². The molecule has 0 aliphatic carbocycles. The van der Waals surface area contributed by atoms with Crippen molar-refractivity contribution in [3.8, 4) is 43.1 Å². The van der Waals surface area contributed by atoms with Crippen LogP contribution >= 0.6 is 22.7 Å². The molecule has 0 saturated carbocycles. The first kappa shape index (κ1) is 29.4. The number of nitrogens with zero attached hydrogens (tertiary/aromatic N) is 1. The molecule has 3 heteroatoms. The van der Waals surface area contributed by atoms with Crippen molar-refractivity contribution < 1.29 is 0 Å². The fourth-order valence-corrected chi connectivity index (χ4v) is 8.67. The molecule has 0 bridgehead atoms. The molecule has 0 spiro atoms. The van der Waals surface area contributed by atoms with E-state index in [1.807, 2.05) is 22.7 Å². The molecule has 0 unspecified atom stereocenters. The van der Waals surface area contributed by atoms with Gasteiger partial charge in [-0.25, -0.2) is 0 Å². The molecule has 0 aliphatic rings. The molecule has 0 atom stereocenters. The van der Waals surface area contributed by atoms with Gasteiger partial charge >= 0.3 is 0 Å². The van der Waals surface area contributed by atoms with Crippen molar-refractivity contribution in [2.75, 3.05) is 4.90 Å². The Hall–Kier alpha value is -5.74. The summed E-state index contributed by atoms with van der Waals surface area (Å²) in [6.07, 6.45) is 0. The average molecular weight is 662 g/mol. The van der Waals surface area contributed by atoms with Gasteiger partial charge in [-0.3, -0.25) is 0 Å². The normalized spacial score (nSPS) is 11.3. The average Bonchev–Trinajstić information content (AvgIpc) is 3.82. The Morgan fingerprint density at radius 2 is 0.612 bits per heavy atom. The number of hydrogen-bond donors (Lipinski definition) is 0. The molecule has 2 aromatic heterocycles. The number of thiophene rings is 2. The Morgan fingerprint density at radius 1 is 0.286 bits per heavy atom. The number of hydrogen-bond acceptors (Lipinski definition) is 3. The molecular weight excluding hydrogens is 631 g/mol. The van der Waals surface area contributed by atoms with Gasteiger partial charge in [0.25, 0.3) is 0 Å². The minimum atomic E-state index is 1.12. The number of benzene rings is 7. The largest absolute Gasteiger partial charge is 0.311 e. The van der Waals surface area contributed by atoms with Gasteiger partial charge in [-0.15, -0.1) is 22.7 Å². The quantitative estimate of drug-likeness (QED) is 0.164. The summed E-state index contributed by atoms with van der Waals surface area (Å²) in [5, 5.41) is 2.59. The van der Waals surface area contributed by atoms with Crippen molar-refractivity contribution in [3.05, 3.63) is 188 Å². The Morgan fingerprint density at radius 3 is 1.02 bits per heavy atom. The topological polar surface area (TPSA) is 3.24 Å². The summed E-state index contributed by atoms with van der Waals surface area (Å²) >= 11 is 3.69. The van der Waals surface area contributed by atoms with E-state index in [4.69, 9.17) is 0 Å². The van der Waals surface area contributed by atoms with Crippen LogP contribution in [0.4, 0.5) is 17.1 Å². The molecule has 0 fully saturated rings. The van der Waals surface area contributed by atoms with Gasteiger partial charge in [0.2, 0.25) is 0 Å². The highest BCUT2D eigenvalue weighted by molar-refractivity contribution is 7.22. The predicted molar refractivity (Wildman–Crippen MR) is 214 cm³/mol. The fourth-order valence-electron chi connectivity index (χ4n) is 6.53. The van der Waals surface area contributed by atoms with E-state index in [0.717, 1.165) is 17.1 Å². The van der Waals surface area contributed by atoms with Crippen LogP contribution < -0.4 is 4.90 Å². The summed E-state index contributed by atoms with van der Waals surface area (Å²) in [6.45, 7) is 0. The molecule has 7 aromatic carbocycles. The molecule has 9 aromatic rings. The minimum Gasteiger partial charge on any atom is -0.311 e. The number of anilines is 3. The van der Waals surface area contributed by atoms with Crippen molar-refractivity contribution in [3.63, 3.8) is 0 Å². The van der Waals surface area contributed by atoms with Gasteiger partial charge in [0.05, 0.1) is 0 Å². The van der Waals surface area contributed by atoms with Gasteiger partial charge in [-0.2, -0.15) is 0 Å². The molecule has 232 valence electrons. The molecule has 0 saturated heterocycles. The molecule has 0 N–H and O–H groups in total. The van der Waals surface area contributed by atoms with Crippen LogP contribution in [0, 0.1) is 0 Å². The van der Waals surface area contributed by atoms with Crippen LogP contribution in [0.25, 0.3) is 63.3 Å². The molecule has 0 radical (unpaired) electrons. The molecule has 0 aliphatic heterocycles. The second-order valence-corrected chi connectivity index (χ2v) is 14.4. The molecular formula is C46H31NS2. The smallest absolute Gasteiger partial charge is 0.0462 e. The number of rotatable bonds is 7. The van der Waals surface area contributed by atoms with Crippen molar-refractivity contribution in [2.45, 2.75) is 0 Å². The lowest BCUT2D eigenvalue weighted by Gasteiger charge is -2.26. The van der Waals surface area contributed by atoms with Crippen molar-refractivity contribution in [2.24, 2.45) is 0 Å². The van der Waals surface area contributed by atoms with Gasteiger partial charge in [0, 0.05) is 36.2 Å². The van der Waals surface area contributed by atoms with Crippen LogP contribution in [-0.2, 0) is 0 Å². The van der Waals surface area contributed by atoms with Gasteiger partial charge in [-0.1, -0.05) is 127 Å². The predicted octanol–water partition coefficient (Wildman–Crippen LogP) is 14.3. The summed E-state index contributed by atoms with van der Waals surface area (Å²) in [5.74, 6) is 0. The van der Waals surface area contributed by atoms with E-state index in [9.17, 15) is 0 Å². The summed E-state index contributed by atoms with van der Waals surface area (Å²) in [4.78, 5) is 4.93. The van der Waals surface area contributed by atoms with E-state index >= 15 is 0 Å². The summed E-state index contributed by atoms with van der Waals surface area (Å²) in [7, 11) is 0. The molecule has 49 heavy (non-hydrogen) atoms. The fraction of sp³-hybridized carbons (Fsp3) is 0. The Balaban J connectivity index is 1.06. The minimum absolute atomic E-state index is 1.12. The highest BCUT2D eigenvalue weighted by Crippen LogP contribution is 2.40. The van der Waals surface area contributed by atoms with E-state index in [2.05, 4.69) is 193 Å². The third-order valence-electron chi connectivity index (χ3n) is 9.12. The standard InChI is InChI=1S/C46H31NS2/c1-2-8-32(9-3-1)33-14-16-34(17-15-33)35-18-24-40(25-19-35)47(41-26-20-36(21-27-41)45-30-38-10-4-6-12-43(38)48-45)42-28-22-37(23-29-42)46-31-39-11-5-7-13-44(39)49-46/h1-31H. The Kier molecular flexibility index (Phi) is 7.62. The monoisotopic (exact) mass is 661 g/mol. The van der Waals surface area contributed by atoms with Gasteiger partial charge in [0.15, 0.2) is 0 Å². The first-order chi connectivity index (χ1) is 24.2. The van der Waals surface area contributed by atoms with Gasteiger partial charge in [0.1, 0.15) is 0 Å². The van der Waals surface area contributed by atoms with Crippen molar-refractivity contribution in [1.29, 1.82) is 0 Å². The van der Waals surface area contributed by atoms with Crippen LogP contribution in [0.5, 0.6) is 0 Å². The van der Waals surface area contributed by atoms with Gasteiger partial charge < -0.3 is 4.90 Å². The summed E-state index contributed by atoms with van der Waals surface area (Å²) in [6, 6.07) is 68.1. The third-order valence-corrected chi connectivity index (χ3v) is 11.5. The maximum atomic E-state index is 2.35. The second-order valence-electron chi connectivity index (χ2n) is 12.2. The van der Waals surface area contributed by atoms with Crippen LogP contribution in [0.15, 0.2) is 188 Å². The number of fused-ring (bicyclic) bond motifs is 2. The summed E-state index contributed by atoms with van der Waals surface area (Å²) in [5.41, 5.74) is 10.7. The first-order valence-corrected chi connectivity index (χ1v) is 18.1. The maximum absolute atomic E-state index is 2.35. The third kappa shape index (κ3) is 5.84. The van der Waals surface area contributed by atoms with E-state index < -0.39 is 0 Å². The maximum Gasteiger partial charge on any atom is 0.0462 e. The zero-order chi connectivity index (χ0) is 32.6. The van der Waals surface area contributed by atoms with Crippen LogP contribution in [0.3, 0.4) is 0 Å². The van der Waals surface area contributed by atoms with Crippen LogP contribution in [0.1, 0.15) is 0 Å². The highest BCUT2D eigenvalue weighted by atomic mass is 32.1. The molecule has 0 amide bonds. The SMILES string of the molecule is c1ccc(-c2ccc(-c3ccc(N(c4ccc(-c5cc6ccccc6s5)cc4)c4ccc(-c5cc6ccccc6s5)cc4)cc3)cc2)cc1. The highest BCUT2D eigenvalue weighted by Gasteiger charge is 2.15. The van der Waals surface area contributed by atoms with Crippen LogP contribution in [0.2, 0.25) is 0 Å². The van der Waals surface area contributed by atoms with Crippen molar-refractivity contribution >= 4 is 59.9 Å². The lowest BCUT2D eigenvalue weighted by molar-refractivity contribution is 1.28. The lowest BCUT2D eigenvalue weighted by Crippen LogP contribution is -2.09. The van der Waals surface area contributed by atoms with E-state index in [1.54, 1.807) is 0 Å².